The number of unbranched alkanes of at least 4 members (excludes halogenated alkanes) is 26. The van der Waals surface area contributed by atoms with Gasteiger partial charge in [0.25, 0.3) is 0 Å². The molecule has 4 N–H and O–H groups in total. The molecule has 0 aliphatic carbocycles. The number of allylic oxidation sites excluding steroid dienone is 2. The number of aliphatic hydroxyl groups excluding tert-OH is 1. The number of carboxylic acid groups (broad SMARTS) is 1. The third-order valence-electron chi connectivity index (χ3n) is 9.80. The van der Waals surface area contributed by atoms with Crippen LogP contribution in [-0.4, -0.2) is 64.9 Å². The maximum Gasteiger partial charge on any atom is 0.472 e. The molecule has 0 rings (SSSR count). The zero-order valence-electron chi connectivity index (χ0n) is 35.0. The predicted octanol–water partition coefficient (Wildman–Crippen LogP) is 11.3. The molecule has 0 aliphatic rings. The lowest BCUT2D eigenvalue weighted by Crippen LogP contribution is -2.43. The highest BCUT2D eigenvalue weighted by molar-refractivity contribution is 7.47. The van der Waals surface area contributed by atoms with Crippen molar-refractivity contribution in [2.45, 2.75) is 225 Å². The monoisotopic (exact) mass is 804 g/mol. The number of hydrogen-bond acceptors (Lipinski definition) is 8. The Morgan fingerprint density at radius 2 is 0.964 bits per heavy atom. The number of carboxylic acids is 1. The van der Waals surface area contributed by atoms with E-state index in [9.17, 15) is 34.1 Å². The minimum Gasteiger partial charge on any atom is -0.480 e. The molecule has 55 heavy (non-hydrogen) atoms. The minimum absolute atomic E-state index is 0.137. The third kappa shape index (κ3) is 38.9. The number of rotatable bonds is 42. The molecular weight excluding hydrogens is 721 g/mol. The Kier molecular flexibility index (Phi) is 37.8. The molecule has 0 aromatic carbocycles. The molecule has 11 nitrogen and oxygen atoms in total. The lowest BCUT2D eigenvalue weighted by molar-refractivity contribution is -0.147. The van der Waals surface area contributed by atoms with Gasteiger partial charge < -0.3 is 25.2 Å². The van der Waals surface area contributed by atoms with Crippen LogP contribution in [0.4, 0.5) is 0 Å². The van der Waals surface area contributed by atoms with Gasteiger partial charge in [-0.05, 0) is 32.1 Å². The summed E-state index contributed by atoms with van der Waals surface area (Å²) in [6, 6.07) is -1.55. The summed E-state index contributed by atoms with van der Waals surface area (Å²) in [6.45, 7) is 2.56. The topological polar surface area (TPSA) is 169 Å². The van der Waals surface area contributed by atoms with E-state index in [1.807, 2.05) is 0 Å². The van der Waals surface area contributed by atoms with Crippen molar-refractivity contribution in [1.29, 1.82) is 0 Å². The van der Waals surface area contributed by atoms with Gasteiger partial charge in [-0.1, -0.05) is 180 Å². The molecule has 3 atom stereocenters. The summed E-state index contributed by atoms with van der Waals surface area (Å²) in [5.74, 6) is -2.38. The van der Waals surface area contributed by atoms with Gasteiger partial charge in [0, 0.05) is 12.8 Å². The fourth-order valence-corrected chi connectivity index (χ4v) is 7.07. The van der Waals surface area contributed by atoms with Crippen LogP contribution in [0.3, 0.4) is 0 Å². The first-order valence-corrected chi connectivity index (χ1v) is 23.7. The van der Waals surface area contributed by atoms with Gasteiger partial charge in [-0.15, -0.1) is 0 Å². The van der Waals surface area contributed by atoms with Crippen molar-refractivity contribution in [1.82, 2.24) is 5.32 Å². The Labute approximate surface area is 335 Å². The fraction of sp³-hybridized carbons (Fsp3) is 0.884. The van der Waals surface area contributed by atoms with Gasteiger partial charge in [-0.3, -0.25) is 18.6 Å². The van der Waals surface area contributed by atoms with E-state index in [4.69, 9.17) is 13.8 Å². The summed E-state index contributed by atoms with van der Waals surface area (Å²) >= 11 is 0. The molecule has 0 radical (unpaired) electrons. The quantitative estimate of drug-likeness (QED) is 0.0202. The standard InChI is InChI=1S/C43H82NO10P/c1-3-5-7-9-11-13-15-16-17-18-19-20-21-22-23-25-27-29-31-33-35-42(47)52-36-39(45)37-53-55(50,51)54-38-40(43(48)49)44-41(46)34-32-30-28-26-24-14-12-10-8-6-4-2/h10,12,39-40,45H,3-9,11,13-38H2,1-2H3,(H,44,46)(H,48,49)(H,50,51)/b12-10-. The number of carbonyl (C=O) groups excluding carboxylic acids is 2. The van der Waals surface area contributed by atoms with Crippen molar-refractivity contribution in [2.24, 2.45) is 0 Å². The van der Waals surface area contributed by atoms with Gasteiger partial charge in [-0.2, -0.15) is 0 Å². The number of esters is 1. The normalized spacial score (nSPS) is 13.8. The van der Waals surface area contributed by atoms with E-state index in [0.29, 0.717) is 12.8 Å². The summed E-state index contributed by atoms with van der Waals surface area (Å²) in [5.41, 5.74) is 0. The number of aliphatic carboxylic acids is 1. The Bertz CT molecular complexity index is 995. The van der Waals surface area contributed by atoms with Crippen LogP contribution in [0.2, 0.25) is 0 Å². The molecule has 3 unspecified atom stereocenters. The molecule has 0 aromatic heterocycles. The SMILES string of the molecule is CCCC/C=C\CCCCCCCC(=O)NC(COP(=O)(O)OCC(O)COC(=O)CCCCCCCCCCCCCCCCCCCCCC)C(=O)O. The average molecular weight is 804 g/mol. The second kappa shape index (κ2) is 39.1. The zero-order valence-corrected chi connectivity index (χ0v) is 35.9. The van der Waals surface area contributed by atoms with Gasteiger partial charge >= 0.3 is 19.8 Å². The lowest BCUT2D eigenvalue weighted by atomic mass is 10.0. The van der Waals surface area contributed by atoms with Crippen LogP contribution < -0.4 is 5.32 Å². The fourth-order valence-electron chi connectivity index (χ4n) is 6.30. The summed E-state index contributed by atoms with van der Waals surface area (Å²) < 4.78 is 26.8. The Morgan fingerprint density at radius 1 is 0.564 bits per heavy atom. The molecule has 0 heterocycles. The van der Waals surface area contributed by atoms with Crippen molar-refractivity contribution in [3.8, 4) is 0 Å². The van der Waals surface area contributed by atoms with E-state index in [1.165, 1.54) is 116 Å². The van der Waals surface area contributed by atoms with Crippen molar-refractivity contribution in [3.63, 3.8) is 0 Å². The maximum atomic E-state index is 12.2. The molecule has 0 bridgehead atoms. The van der Waals surface area contributed by atoms with Gasteiger partial charge in [0.05, 0.1) is 13.2 Å². The first kappa shape index (κ1) is 53.2. The van der Waals surface area contributed by atoms with Crippen molar-refractivity contribution >= 4 is 25.7 Å². The summed E-state index contributed by atoms with van der Waals surface area (Å²) in [4.78, 5) is 45.8. The number of nitrogens with one attached hydrogen (secondary N) is 1. The molecule has 12 heteroatoms. The maximum absolute atomic E-state index is 12.2. The molecular formula is C43H82NO10P. The first-order valence-electron chi connectivity index (χ1n) is 22.2. The largest absolute Gasteiger partial charge is 0.480 e. The van der Waals surface area contributed by atoms with E-state index in [1.54, 1.807) is 0 Å². The number of ether oxygens (including phenoxy) is 1. The van der Waals surface area contributed by atoms with Gasteiger partial charge in [-0.25, -0.2) is 9.36 Å². The number of phosphoric ester groups is 1. The highest BCUT2D eigenvalue weighted by atomic mass is 31.2. The van der Waals surface area contributed by atoms with E-state index in [-0.39, 0.29) is 12.8 Å². The molecule has 0 fully saturated rings. The molecule has 0 spiro atoms. The predicted molar refractivity (Wildman–Crippen MR) is 222 cm³/mol. The van der Waals surface area contributed by atoms with Gasteiger partial charge in [0.1, 0.15) is 12.7 Å². The Hall–Kier alpha value is -1.78. The van der Waals surface area contributed by atoms with E-state index >= 15 is 0 Å². The van der Waals surface area contributed by atoms with Crippen LogP contribution in [0.5, 0.6) is 0 Å². The number of aliphatic hydroxyl groups is 1. The highest BCUT2D eigenvalue weighted by Crippen LogP contribution is 2.43. The van der Waals surface area contributed by atoms with Crippen LogP contribution in [0.15, 0.2) is 12.2 Å². The molecule has 0 aliphatic heterocycles. The highest BCUT2D eigenvalue weighted by Gasteiger charge is 2.28. The van der Waals surface area contributed by atoms with Crippen LogP contribution in [-0.2, 0) is 32.7 Å². The summed E-state index contributed by atoms with van der Waals surface area (Å²) in [5, 5.41) is 21.8. The van der Waals surface area contributed by atoms with Crippen molar-refractivity contribution < 1.29 is 47.8 Å². The summed E-state index contributed by atoms with van der Waals surface area (Å²) in [6.07, 6.45) is 38.2. The van der Waals surface area contributed by atoms with E-state index in [0.717, 1.165) is 57.8 Å². The summed E-state index contributed by atoms with van der Waals surface area (Å²) in [7, 11) is -4.75. The first-order chi connectivity index (χ1) is 26.6. The Balaban J connectivity index is 3.81. The second-order valence-electron chi connectivity index (χ2n) is 15.2. The van der Waals surface area contributed by atoms with Gasteiger partial charge in [0.2, 0.25) is 5.91 Å². The average Bonchev–Trinajstić information content (AvgIpc) is 3.16. The smallest absolute Gasteiger partial charge is 0.472 e. The van der Waals surface area contributed by atoms with Crippen LogP contribution in [0, 0.1) is 0 Å². The van der Waals surface area contributed by atoms with E-state index < -0.39 is 57.6 Å². The second-order valence-corrected chi connectivity index (χ2v) is 16.7. The molecule has 0 saturated carbocycles. The van der Waals surface area contributed by atoms with Gasteiger partial charge in [0.15, 0.2) is 6.04 Å². The minimum atomic E-state index is -4.75. The number of carbonyl (C=O) groups is 3. The van der Waals surface area contributed by atoms with Crippen LogP contribution in [0.1, 0.15) is 213 Å². The molecule has 0 saturated heterocycles. The van der Waals surface area contributed by atoms with E-state index in [2.05, 4.69) is 31.3 Å². The van der Waals surface area contributed by atoms with Crippen LogP contribution in [0.25, 0.3) is 0 Å². The Morgan fingerprint density at radius 3 is 1.44 bits per heavy atom. The third-order valence-corrected chi connectivity index (χ3v) is 10.8. The molecule has 0 aromatic rings. The molecule has 1 amide bonds. The number of phosphoric acid groups is 1. The molecule has 324 valence electrons. The zero-order chi connectivity index (χ0) is 40.7. The van der Waals surface area contributed by atoms with Crippen molar-refractivity contribution in [3.05, 3.63) is 12.2 Å². The number of hydrogen-bond donors (Lipinski definition) is 4. The van der Waals surface area contributed by atoms with Crippen LogP contribution >= 0.6 is 7.82 Å². The van der Waals surface area contributed by atoms with Crippen molar-refractivity contribution in [2.75, 3.05) is 19.8 Å². The lowest BCUT2D eigenvalue weighted by Gasteiger charge is -2.18. The number of amides is 1.